The molecule has 8 heteroatoms. The molecule has 0 unspecified atom stereocenters. The van der Waals surface area contributed by atoms with Gasteiger partial charge in [-0.25, -0.2) is 4.98 Å². The summed E-state index contributed by atoms with van der Waals surface area (Å²) >= 11 is 0. The van der Waals surface area contributed by atoms with Crippen molar-refractivity contribution in [3.63, 3.8) is 0 Å². The lowest BCUT2D eigenvalue weighted by molar-refractivity contribution is -0.274. The molecule has 0 bridgehead atoms. The Balaban J connectivity index is 1.26. The minimum Gasteiger partial charge on any atom is -0.406 e. The van der Waals surface area contributed by atoms with Crippen LogP contribution in [-0.2, 0) is 18.0 Å². The molecule has 0 atom stereocenters. The predicted octanol–water partition coefficient (Wildman–Crippen LogP) is 6.83. The maximum atomic E-state index is 12.5. The molecule has 5 rings (SSSR count). The predicted molar refractivity (Wildman–Crippen MR) is 138 cm³/mol. The number of hydrogen-bond donors (Lipinski definition) is 0. The van der Waals surface area contributed by atoms with E-state index >= 15 is 0 Å². The minimum atomic E-state index is -4.73. The fourth-order valence-corrected chi connectivity index (χ4v) is 3.74. The average Bonchev–Trinajstić information content (AvgIpc) is 3.60. The summed E-state index contributed by atoms with van der Waals surface area (Å²) < 4.78 is 43.5. The van der Waals surface area contributed by atoms with Crippen LogP contribution in [0, 0.1) is 17.8 Å². The van der Waals surface area contributed by atoms with Gasteiger partial charge in [-0.1, -0.05) is 65.5 Å². The molecule has 0 N–H and O–H groups in total. The van der Waals surface area contributed by atoms with Gasteiger partial charge in [-0.2, -0.15) is 0 Å². The molecule has 1 heterocycles. The highest BCUT2D eigenvalue weighted by molar-refractivity contribution is 6.00. The van der Waals surface area contributed by atoms with Gasteiger partial charge in [0.1, 0.15) is 18.1 Å². The van der Waals surface area contributed by atoms with Gasteiger partial charge in [-0.15, -0.1) is 13.2 Å². The molecule has 1 aromatic heterocycles. The van der Waals surface area contributed by atoms with E-state index < -0.39 is 6.36 Å². The molecule has 192 valence electrons. The second-order valence-corrected chi connectivity index (χ2v) is 8.94. The van der Waals surface area contributed by atoms with Crippen molar-refractivity contribution in [1.29, 1.82) is 0 Å². The summed E-state index contributed by atoms with van der Waals surface area (Å²) in [5, 5.41) is 4.41. The topological polar surface area (TPSA) is 48.6 Å². The van der Waals surface area contributed by atoms with Crippen LogP contribution >= 0.6 is 0 Å². The number of rotatable bonds is 8. The lowest BCUT2D eigenvalue weighted by Gasteiger charge is -2.11. The van der Waals surface area contributed by atoms with Crippen molar-refractivity contribution in [2.45, 2.75) is 32.4 Å². The van der Waals surface area contributed by atoms with E-state index in [9.17, 15) is 13.2 Å². The van der Waals surface area contributed by atoms with Crippen LogP contribution in [0.5, 0.6) is 5.75 Å². The zero-order valence-electron chi connectivity index (χ0n) is 20.4. The highest BCUT2D eigenvalue weighted by Gasteiger charge is 2.31. The lowest BCUT2D eigenvalue weighted by atomic mass is 10.0. The molecule has 5 nitrogen and oxygen atoms in total. The van der Waals surface area contributed by atoms with Gasteiger partial charge >= 0.3 is 6.36 Å². The second kappa shape index (κ2) is 11.3. The van der Waals surface area contributed by atoms with E-state index in [0.29, 0.717) is 18.0 Å². The zero-order valence-corrected chi connectivity index (χ0v) is 20.4. The summed E-state index contributed by atoms with van der Waals surface area (Å²) in [6.07, 6.45) is 2.94. The van der Waals surface area contributed by atoms with Gasteiger partial charge in [-0.05, 0) is 53.8 Å². The number of halogens is 3. The van der Waals surface area contributed by atoms with Gasteiger partial charge in [0.2, 0.25) is 0 Å². The van der Waals surface area contributed by atoms with E-state index in [1.807, 2.05) is 59.3 Å². The summed E-state index contributed by atoms with van der Waals surface area (Å²) in [6, 6.07) is 21.2. The summed E-state index contributed by atoms with van der Waals surface area (Å²) in [5.74, 6) is 6.77. The first-order valence-electron chi connectivity index (χ1n) is 12.1. The molecule has 0 spiro atoms. The average molecular weight is 516 g/mol. The van der Waals surface area contributed by atoms with Gasteiger partial charge in [0, 0.05) is 29.4 Å². The SMILES string of the molecule is FC(F)(F)Oc1cccc(-c2ccc(CON=C(Cn3ccnc3)c3ccc(C#CC4CC4)cc3)cc2)c1. The van der Waals surface area contributed by atoms with E-state index in [0.717, 1.165) is 28.0 Å². The molecule has 0 saturated heterocycles. The van der Waals surface area contributed by atoms with E-state index in [-0.39, 0.29) is 12.4 Å². The van der Waals surface area contributed by atoms with E-state index in [1.54, 1.807) is 18.6 Å². The Morgan fingerprint density at radius 3 is 2.47 bits per heavy atom. The zero-order chi connectivity index (χ0) is 26.4. The maximum Gasteiger partial charge on any atom is 0.573 e. The normalized spacial score (nSPS) is 13.5. The number of aromatic nitrogens is 2. The van der Waals surface area contributed by atoms with Crippen LogP contribution in [-0.4, -0.2) is 21.6 Å². The smallest absolute Gasteiger partial charge is 0.406 e. The lowest BCUT2D eigenvalue weighted by Crippen LogP contribution is -2.17. The molecular weight excluding hydrogens is 491 g/mol. The molecule has 3 aromatic carbocycles. The molecule has 4 aromatic rings. The van der Waals surface area contributed by atoms with Crippen LogP contribution in [0.2, 0.25) is 0 Å². The van der Waals surface area contributed by atoms with Crippen LogP contribution in [0.15, 0.2) is 96.7 Å². The number of benzene rings is 3. The van der Waals surface area contributed by atoms with Crippen LogP contribution in [0.4, 0.5) is 13.2 Å². The molecule has 0 radical (unpaired) electrons. The third-order valence-electron chi connectivity index (χ3n) is 5.87. The van der Waals surface area contributed by atoms with Crippen molar-refractivity contribution < 1.29 is 22.7 Å². The van der Waals surface area contributed by atoms with Crippen LogP contribution in [0.1, 0.15) is 29.5 Å². The quantitative estimate of drug-likeness (QED) is 0.147. The number of imidazole rings is 1. The van der Waals surface area contributed by atoms with Gasteiger partial charge in [-0.3, -0.25) is 0 Å². The molecule has 0 aliphatic heterocycles. The van der Waals surface area contributed by atoms with Gasteiger partial charge in [0.15, 0.2) is 0 Å². The van der Waals surface area contributed by atoms with Gasteiger partial charge in [0.05, 0.1) is 12.9 Å². The van der Waals surface area contributed by atoms with Crippen molar-refractivity contribution in [2.24, 2.45) is 11.1 Å². The van der Waals surface area contributed by atoms with Crippen LogP contribution in [0.3, 0.4) is 0 Å². The summed E-state index contributed by atoms with van der Waals surface area (Å²) in [6.45, 7) is 0.720. The number of oxime groups is 1. The Hall–Kier alpha value is -4.51. The van der Waals surface area contributed by atoms with Gasteiger partial charge in [0.25, 0.3) is 0 Å². The number of nitrogens with zero attached hydrogens (tertiary/aromatic N) is 3. The molecule has 1 saturated carbocycles. The summed E-state index contributed by atoms with van der Waals surface area (Å²) in [7, 11) is 0. The highest BCUT2D eigenvalue weighted by Crippen LogP contribution is 2.29. The Kier molecular flexibility index (Phi) is 7.45. The van der Waals surface area contributed by atoms with Crippen molar-refractivity contribution >= 4 is 5.71 Å². The second-order valence-electron chi connectivity index (χ2n) is 8.94. The first kappa shape index (κ1) is 25.2. The largest absolute Gasteiger partial charge is 0.573 e. The number of ether oxygens (including phenoxy) is 1. The van der Waals surface area contributed by atoms with Crippen molar-refractivity contribution in [2.75, 3.05) is 0 Å². The van der Waals surface area contributed by atoms with E-state index in [2.05, 4.69) is 26.7 Å². The summed E-state index contributed by atoms with van der Waals surface area (Å²) in [4.78, 5) is 9.80. The highest BCUT2D eigenvalue weighted by atomic mass is 19.4. The summed E-state index contributed by atoms with van der Waals surface area (Å²) in [5.41, 5.74) is 4.88. The monoisotopic (exact) mass is 515 g/mol. The molecule has 38 heavy (non-hydrogen) atoms. The molecule has 0 amide bonds. The first-order valence-corrected chi connectivity index (χ1v) is 12.1. The van der Waals surface area contributed by atoms with Crippen molar-refractivity contribution in [3.8, 4) is 28.7 Å². The van der Waals surface area contributed by atoms with Gasteiger partial charge < -0.3 is 14.1 Å². The Morgan fingerprint density at radius 1 is 1.00 bits per heavy atom. The van der Waals surface area contributed by atoms with Crippen molar-refractivity contribution in [1.82, 2.24) is 9.55 Å². The number of hydrogen-bond acceptors (Lipinski definition) is 4. The van der Waals surface area contributed by atoms with Crippen LogP contribution in [0.25, 0.3) is 11.1 Å². The van der Waals surface area contributed by atoms with E-state index in [1.165, 1.54) is 31.0 Å². The first-order chi connectivity index (χ1) is 18.4. The Morgan fingerprint density at radius 2 is 1.79 bits per heavy atom. The minimum absolute atomic E-state index is 0.232. The molecular formula is C30H24F3N3O2. The van der Waals surface area contributed by atoms with E-state index in [4.69, 9.17) is 4.84 Å². The molecule has 1 aliphatic carbocycles. The third-order valence-corrected chi connectivity index (χ3v) is 5.87. The van der Waals surface area contributed by atoms with Crippen LogP contribution < -0.4 is 4.74 Å². The fraction of sp³-hybridized carbons (Fsp3) is 0.200. The number of alkyl halides is 3. The van der Waals surface area contributed by atoms with Crippen molar-refractivity contribution in [3.05, 3.63) is 108 Å². The fourth-order valence-electron chi connectivity index (χ4n) is 3.74. The maximum absolute atomic E-state index is 12.5. The molecule has 1 fully saturated rings. The third kappa shape index (κ3) is 7.26. The molecule has 1 aliphatic rings. The Labute approximate surface area is 218 Å². The Bertz CT molecular complexity index is 1450. The standard InChI is InChI=1S/C30H24F3N3O2/c31-30(32,33)38-28-3-1-2-27(18-28)25-12-10-24(11-13-25)20-37-35-29(19-36-17-16-34-21-36)26-14-8-23(9-15-26)7-6-22-4-5-22/h1-3,8-18,21-22H,4-5,19-20H2.